The normalized spacial score (nSPS) is 14.8. The van der Waals surface area contributed by atoms with Crippen molar-refractivity contribution in [3.8, 4) is 11.3 Å². The Hall–Kier alpha value is -1.90. The largest absolute Gasteiger partial charge is 0.373 e. The van der Waals surface area contributed by atoms with Gasteiger partial charge in [-0.05, 0) is 30.7 Å². The van der Waals surface area contributed by atoms with Crippen molar-refractivity contribution < 1.29 is 0 Å². The summed E-state index contributed by atoms with van der Waals surface area (Å²) in [6.07, 6.45) is 5.96. The first kappa shape index (κ1) is 14.1. The molecule has 3 nitrogen and oxygen atoms in total. The zero-order valence-corrected chi connectivity index (χ0v) is 12.9. The molecule has 21 heavy (non-hydrogen) atoms. The number of rotatable bonds is 5. The van der Waals surface area contributed by atoms with Gasteiger partial charge in [0.1, 0.15) is 11.6 Å². The Labute approximate surface area is 126 Å². The summed E-state index contributed by atoms with van der Waals surface area (Å²) in [7, 11) is 1.92. The first-order valence-corrected chi connectivity index (χ1v) is 7.96. The monoisotopic (exact) mass is 281 g/mol. The standard InChI is InChI=1S/C18H23N3/c1-3-7-17-20-16(12-18(19-2)21-17)15-11-5-4-10-14(15)13-8-6-9-13/h4-5,10-13H,3,6-9H2,1-2H3,(H,19,20,21). The number of aromatic nitrogens is 2. The highest BCUT2D eigenvalue weighted by Gasteiger charge is 2.23. The van der Waals surface area contributed by atoms with Gasteiger partial charge in [-0.3, -0.25) is 0 Å². The second-order valence-electron chi connectivity index (χ2n) is 5.77. The molecule has 1 saturated carbocycles. The molecule has 1 aliphatic carbocycles. The van der Waals surface area contributed by atoms with Gasteiger partial charge in [-0.15, -0.1) is 0 Å². The van der Waals surface area contributed by atoms with Gasteiger partial charge < -0.3 is 5.32 Å². The molecule has 1 fully saturated rings. The van der Waals surface area contributed by atoms with E-state index in [1.807, 2.05) is 7.05 Å². The Morgan fingerprint density at radius 3 is 2.67 bits per heavy atom. The molecule has 3 rings (SSSR count). The second kappa shape index (κ2) is 6.25. The number of hydrogen-bond acceptors (Lipinski definition) is 3. The fourth-order valence-corrected chi connectivity index (χ4v) is 2.90. The Balaban J connectivity index is 2.05. The lowest BCUT2D eigenvalue weighted by atomic mass is 9.78. The molecule has 3 heteroatoms. The summed E-state index contributed by atoms with van der Waals surface area (Å²) in [6.45, 7) is 2.16. The van der Waals surface area contributed by atoms with Crippen LogP contribution in [0.1, 0.15) is 49.9 Å². The predicted molar refractivity (Wildman–Crippen MR) is 87.6 cm³/mol. The molecule has 1 aromatic carbocycles. The fourth-order valence-electron chi connectivity index (χ4n) is 2.90. The first-order valence-electron chi connectivity index (χ1n) is 7.96. The maximum atomic E-state index is 4.79. The molecule has 110 valence electrons. The Bertz CT molecular complexity index is 618. The van der Waals surface area contributed by atoms with Gasteiger partial charge in [0, 0.05) is 25.1 Å². The predicted octanol–water partition coefficient (Wildman–Crippen LogP) is 4.41. The van der Waals surface area contributed by atoms with E-state index in [1.165, 1.54) is 30.4 Å². The molecule has 1 heterocycles. The molecule has 0 saturated heterocycles. The molecule has 1 aliphatic rings. The lowest BCUT2D eigenvalue weighted by Gasteiger charge is -2.27. The third-order valence-electron chi connectivity index (χ3n) is 4.28. The van der Waals surface area contributed by atoms with Crippen LogP contribution in [0.15, 0.2) is 30.3 Å². The van der Waals surface area contributed by atoms with Crippen molar-refractivity contribution >= 4 is 5.82 Å². The molecule has 0 spiro atoms. The van der Waals surface area contributed by atoms with Crippen molar-refractivity contribution in [2.75, 3.05) is 12.4 Å². The van der Waals surface area contributed by atoms with Gasteiger partial charge in [0.05, 0.1) is 5.69 Å². The molecule has 0 atom stereocenters. The molecule has 0 bridgehead atoms. The van der Waals surface area contributed by atoms with Gasteiger partial charge in [0.2, 0.25) is 0 Å². The van der Waals surface area contributed by atoms with Crippen LogP contribution in [-0.2, 0) is 6.42 Å². The quantitative estimate of drug-likeness (QED) is 0.882. The number of aryl methyl sites for hydroxylation is 1. The zero-order chi connectivity index (χ0) is 14.7. The van der Waals surface area contributed by atoms with Crippen LogP contribution in [0.2, 0.25) is 0 Å². The average Bonchev–Trinajstić information content (AvgIpc) is 2.46. The molecular weight excluding hydrogens is 258 g/mol. The van der Waals surface area contributed by atoms with Gasteiger partial charge >= 0.3 is 0 Å². The van der Waals surface area contributed by atoms with E-state index in [1.54, 1.807) is 0 Å². The molecule has 0 amide bonds. The highest BCUT2D eigenvalue weighted by molar-refractivity contribution is 5.67. The van der Waals surface area contributed by atoms with Crippen LogP contribution in [-0.4, -0.2) is 17.0 Å². The highest BCUT2D eigenvalue weighted by atomic mass is 15.0. The summed E-state index contributed by atoms with van der Waals surface area (Å²) in [5, 5.41) is 3.16. The van der Waals surface area contributed by atoms with Gasteiger partial charge in [0.25, 0.3) is 0 Å². The number of hydrogen-bond donors (Lipinski definition) is 1. The molecule has 1 N–H and O–H groups in total. The lowest BCUT2D eigenvalue weighted by Crippen LogP contribution is -2.10. The van der Waals surface area contributed by atoms with Crippen LogP contribution in [0.4, 0.5) is 5.82 Å². The summed E-state index contributed by atoms with van der Waals surface area (Å²) < 4.78 is 0. The van der Waals surface area contributed by atoms with E-state index in [0.29, 0.717) is 5.92 Å². The van der Waals surface area contributed by atoms with Gasteiger partial charge in [-0.25, -0.2) is 9.97 Å². The van der Waals surface area contributed by atoms with Crippen LogP contribution in [0.5, 0.6) is 0 Å². The van der Waals surface area contributed by atoms with Gasteiger partial charge in [-0.2, -0.15) is 0 Å². The highest BCUT2D eigenvalue weighted by Crippen LogP contribution is 2.40. The third-order valence-corrected chi connectivity index (χ3v) is 4.28. The van der Waals surface area contributed by atoms with Crippen LogP contribution >= 0.6 is 0 Å². The summed E-state index contributed by atoms with van der Waals surface area (Å²) in [6, 6.07) is 10.8. The van der Waals surface area contributed by atoms with E-state index in [4.69, 9.17) is 4.98 Å². The first-order chi connectivity index (χ1) is 10.3. The summed E-state index contributed by atoms with van der Waals surface area (Å²) in [5.41, 5.74) is 3.78. The van der Waals surface area contributed by atoms with Crippen LogP contribution < -0.4 is 5.32 Å². The second-order valence-corrected chi connectivity index (χ2v) is 5.77. The van der Waals surface area contributed by atoms with E-state index < -0.39 is 0 Å². The molecule has 0 aliphatic heterocycles. The average molecular weight is 281 g/mol. The van der Waals surface area contributed by atoms with Crippen molar-refractivity contribution in [1.82, 2.24) is 9.97 Å². The fraction of sp³-hybridized carbons (Fsp3) is 0.444. The number of nitrogens with zero attached hydrogens (tertiary/aromatic N) is 2. The van der Waals surface area contributed by atoms with Gasteiger partial charge in [-0.1, -0.05) is 37.6 Å². The van der Waals surface area contributed by atoms with Gasteiger partial charge in [0.15, 0.2) is 0 Å². The van der Waals surface area contributed by atoms with Crippen LogP contribution in [0.25, 0.3) is 11.3 Å². The summed E-state index contributed by atoms with van der Waals surface area (Å²) in [5.74, 6) is 2.55. The van der Waals surface area contributed by atoms with Crippen molar-refractivity contribution in [2.24, 2.45) is 0 Å². The van der Waals surface area contributed by atoms with E-state index in [9.17, 15) is 0 Å². The molecule has 2 aromatic rings. The Kier molecular flexibility index (Phi) is 4.18. The molecule has 0 unspecified atom stereocenters. The summed E-state index contributed by atoms with van der Waals surface area (Å²) >= 11 is 0. The SMILES string of the molecule is CCCc1nc(NC)cc(-c2ccccc2C2CCC2)n1. The van der Waals surface area contributed by atoms with E-state index in [2.05, 4.69) is 47.6 Å². The molecule has 1 aromatic heterocycles. The summed E-state index contributed by atoms with van der Waals surface area (Å²) in [4.78, 5) is 9.35. The molecule has 0 radical (unpaired) electrons. The number of anilines is 1. The molecular formula is C18H23N3. The maximum Gasteiger partial charge on any atom is 0.131 e. The van der Waals surface area contributed by atoms with Crippen molar-refractivity contribution in [3.05, 3.63) is 41.7 Å². The topological polar surface area (TPSA) is 37.8 Å². The van der Waals surface area contributed by atoms with Crippen LogP contribution in [0, 0.1) is 0 Å². The number of nitrogens with one attached hydrogen (secondary N) is 1. The lowest BCUT2D eigenvalue weighted by molar-refractivity contribution is 0.420. The number of benzene rings is 1. The Morgan fingerprint density at radius 2 is 2.00 bits per heavy atom. The van der Waals surface area contributed by atoms with Crippen molar-refractivity contribution in [3.63, 3.8) is 0 Å². The van der Waals surface area contributed by atoms with E-state index in [0.717, 1.165) is 30.2 Å². The van der Waals surface area contributed by atoms with E-state index >= 15 is 0 Å². The minimum absolute atomic E-state index is 0.712. The smallest absolute Gasteiger partial charge is 0.131 e. The zero-order valence-electron chi connectivity index (χ0n) is 12.9. The minimum Gasteiger partial charge on any atom is -0.373 e. The minimum atomic E-state index is 0.712. The Morgan fingerprint density at radius 1 is 1.19 bits per heavy atom. The van der Waals surface area contributed by atoms with Crippen molar-refractivity contribution in [2.45, 2.75) is 44.9 Å². The maximum absolute atomic E-state index is 4.79. The van der Waals surface area contributed by atoms with E-state index in [-0.39, 0.29) is 0 Å². The third kappa shape index (κ3) is 2.92. The van der Waals surface area contributed by atoms with Crippen LogP contribution in [0.3, 0.4) is 0 Å². The van der Waals surface area contributed by atoms with Crippen molar-refractivity contribution in [1.29, 1.82) is 0 Å².